The second-order valence-electron chi connectivity index (χ2n) is 6.85. The Bertz CT molecular complexity index is 291. The Labute approximate surface area is 112 Å². The van der Waals surface area contributed by atoms with Gasteiger partial charge in [-0.1, -0.05) is 25.5 Å². The van der Waals surface area contributed by atoms with Crippen LogP contribution in [0.5, 0.6) is 0 Å². The molecule has 0 amide bonds. The maximum Gasteiger partial charge on any atom is 0.0471 e. The molecule has 104 valence electrons. The minimum Gasteiger partial charge on any atom is -0.381 e. The fourth-order valence-corrected chi connectivity index (χ4v) is 3.46. The fraction of sp³-hybridized carbons (Fsp3) is 0.875. The smallest absolute Gasteiger partial charge is 0.0471 e. The predicted molar refractivity (Wildman–Crippen MR) is 76.7 cm³/mol. The van der Waals surface area contributed by atoms with Crippen LogP contribution in [-0.2, 0) is 4.74 Å². The predicted octanol–water partition coefficient (Wildman–Crippen LogP) is 3.39. The first kappa shape index (κ1) is 14.1. The van der Waals surface area contributed by atoms with Crippen molar-refractivity contribution in [2.24, 2.45) is 17.3 Å². The van der Waals surface area contributed by atoms with Crippen molar-refractivity contribution < 1.29 is 4.74 Å². The average Bonchev–Trinajstić information content (AvgIpc) is 2.28. The number of ether oxygens (including phenoxy) is 1. The van der Waals surface area contributed by atoms with Crippen LogP contribution in [0.2, 0.25) is 0 Å². The molecule has 1 saturated heterocycles. The highest BCUT2D eigenvalue weighted by Gasteiger charge is 2.27. The molecule has 0 aromatic carbocycles. The van der Waals surface area contributed by atoms with E-state index in [2.05, 4.69) is 32.2 Å². The lowest BCUT2D eigenvalue weighted by atomic mass is 9.81. The number of hydrogen-bond donors (Lipinski definition) is 1. The van der Waals surface area contributed by atoms with E-state index in [0.29, 0.717) is 5.41 Å². The molecular formula is C16H29NO. The van der Waals surface area contributed by atoms with E-state index in [-0.39, 0.29) is 0 Å². The molecule has 18 heavy (non-hydrogen) atoms. The summed E-state index contributed by atoms with van der Waals surface area (Å²) in [5.74, 6) is 1.61. The van der Waals surface area contributed by atoms with Gasteiger partial charge in [0.25, 0.3) is 0 Å². The summed E-state index contributed by atoms with van der Waals surface area (Å²) in [6, 6.07) is 0. The topological polar surface area (TPSA) is 21.3 Å². The van der Waals surface area contributed by atoms with Crippen LogP contribution in [0.4, 0.5) is 0 Å². The van der Waals surface area contributed by atoms with Gasteiger partial charge in [-0.2, -0.15) is 0 Å². The lowest BCUT2D eigenvalue weighted by Gasteiger charge is -2.34. The van der Waals surface area contributed by atoms with Gasteiger partial charge in [0.15, 0.2) is 0 Å². The van der Waals surface area contributed by atoms with Crippen molar-refractivity contribution in [3.05, 3.63) is 11.6 Å². The molecule has 0 aromatic heterocycles. The van der Waals surface area contributed by atoms with Gasteiger partial charge >= 0.3 is 0 Å². The average molecular weight is 251 g/mol. The van der Waals surface area contributed by atoms with Crippen LogP contribution in [0.25, 0.3) is 0 Å². The Morgan fingerprint density at radius 2 is 2.11 bits per heavy atom. The van der Waals surface area contributed by atoms with Crippen molar-refractivity contribution in [1.82, 2.24) is 5.32 Å². The first-order valence-electron chi connectivity index (χ1n) is 7.53. The number of hydrogen-bond acceptors (Lipinski definition) is 2. The number of nitrogens with one attached hydrogen (secondary N) is 1. The van der Waals surface area contributed by atoms with Crippen LogP contribution in [0.3, 0.4) is 0 Å². The number of rotatable bonds is 4. The molecule has 2 nitrogen and oxygen atoms in total. The standard InChI is InChI=1S/C16H29NO/c1-13-8-14(2)10-15(9-13)11-17-12-16(3)4-6-18-7-5-16/h8,13,15,17H,4-7,9-12H2,1-3H3. The summed E-state index contributed by atoms with van der Waals surface area (Å²) in [4.78, 5) is 0. The monoisotopic (exact) mass is 251 g/mol. The van der Waals surface area contributed by atoms with Gasteiger partial charge in [0.05, 0.1) is 0 Å². The molecule has 1 heterocycles. The first-order chi connectivity index (χ1) is 8.57. The van der Waals surface area contributed by atoms with Gasteiger partial charge < -0.3 is 10.1 Å². The molecule has 0 saturated carbocycles. The molecule has 1 aliphatic carbocycles. The fourth-order valence-electron chi connectivity index (χ4n) is 3.46. The highest BCUT2D eigenvalue weighted by atomic mass is 16.5. The molecule has 0 spiro atoms. The Hall–Kier alpha value is -0.340. The van der Waals surface area contributed by atoms with Crippen LogP contribution in [0, 0.1) is 17.3 Å². The zero-order valence-electron chi connectivity index (χ0n) is 12.3. The van der Waals surface area contributed by atoms with E-state index in [1.807, 2.05) is 0 Å². The summed E-state index contributed by atoms with van der Waals surface area (Å²) >= 11 is 0. The lowest BCUT2D eigenvalue weighted by Crippen LogP contribution is -2.39. The van der Waals surface area contributed by atoms with Gasteiger partial charge in [0.2, 0.25) is 0 Å². The quantitative estimate of drug-likeness (QED) is 0.773. The molecule has 0 aromatic rings. The summed E-state index contributed by atoms with van der Waals surface area (Å²) in [5, 5.41) is 3.72. The number of allylic oxidation sites excluding steroid dienone is 2. The van der Waals surface area contributed by atoms with Crippen molar-refractivity contribution >= 4 is 0 Å². The van der Waals surface area contributed by atoms with Crippen LogP contribution in [0.1, 0.15) is 46.5 Å². The normalized spacial score (nSPS) is 32.1. The molecule has 0 radical (unpaired) electrons. The molecule has 1 aliphatic heterocycles. The Kier molecular flexibility index (Phi) is 4.85. The minimum atomic E-state index is 0.462. The van der Waals surface area contributed by atoms with Crippen LogP contribution >= 0.6 is 0 Å². The van der Waals surface area contributed by atoms with Gasteiger partial charge in [0, 0.05) is 19.8 Å². The molecule has 1 fully saturated rings. The maximum atomic E-state index is 5.45. The first-order valence-corrected chi connectivity index (χ1v) is 7.53. The largest absolute Gasteiger partial charge is 0.381 e. The van der Waals surface area contributed by atoms with E-state index in [1.165, 1.54) is 32.2 Å². The van der Waals surface area contributed by atoms with Crippen molar-refractivity contribution in [2.45, 2.75) is 46.5 Å². The highest BCUT2D eigenvalue weighted by Crippen LogP contribution is 2.30. The summed E-state index contributed by atoms with van der Waals surface area (Å²) in [7, 11) is 0. The molecule has 2 rings (SSSR count). The molecule has 0 bridgehead atoms. The van der Waals surface area contributed by atoms with E-state index in [0.717, 1.165) is 31.6 Å². The van der Waals surface area contributed by atoms with Crippen molar-refractivity contribution in [2.75, 3.05) is 26.3 Å². The highest BCUT2D eigenvalue weighted by molar-refractivity contribution is 5.06. The Morgan fingerprint density at radius 1 is 1.39 bits per heavy atom. The summed E-state index contributed by atoms with van der Waals surface area (Å²) in [6.07, 6.45) is 7.50. The zero-order chi connectivity index (χ0) is 13.0. The van der Waals surface area contributed by atoms with E-state index < -0.39 is 0 Å². The molecule has 2 aliphatic rings. The lowest BCUT2D eigenvalue weighted by molar-refractivity contribution is 0.0237. The van der Waals surface area contributed by atoms with Gasteiger partial charge in [-0.3, -0.25) is 0 Å². The van der Waals surface area contributed by atoms with E-state index in [4.69, 9.17) is 4.74 Å². The zero-order valence-corrected chi connectivity index (χ0v) is 12.3. The van der Waals surface area contributed by atoms with Crippen LogP contribution < -0.4 is 5.32 Å². The maximum absolute atomic E-state index is 5.45. The van der Waals surface area contributed by atoms with Crippen molar-refractivity contribution in [1.29, 1.82) is 0 Å². The molecular weight excluding hydrogens is 222 g/mol. The van der Waals surface area contributed by atoms with E-state index in [1.54, 1.807) is 5.57 Å². The SMILES string of the molecule is CC1=CC(C)CC(CNCC2(C)CCOCC2)C1. The molecule has 1 N–H and O–H groups in total. The van der Waals surface area contributed by atoms with Gasteiger partial charge in [0.1, 0.15) is 0 Å². The van der Waals surface area contributed by atoms with E-state index in [9.17, 15) is 0 Å². The summed E-state index contributed by atoms with van der Waals surface area (Å²) < 4.78 is 5.45. The Morgan fingerprint density at radius 3 is 2.78 bits per heavy atom. The summed E-state index contributed by atoms with van der Waals surface area (Å²) in [5.41, 5.74) is 2.04. The van der Waals surface area contributed by atoms with Crippen molar-refractivity contribution in [3.8, 4) is 0 Å². The molecule has 2 unspecified atom stereocenters. The van der Waals surface area contributed by atoms with Gasteiger partial charge in [-0.15, -0.1) is 0 Å². The minimum absolute atomic E-state index is 0.462. The molecule has 2 atom stereocenters. The van der Waals surface area contributed by atoms with Crippen LogP contribution in [0.15, 0.2) is 11.6 Å². The third-order valence-electron chi connectivity index (χ3n) is 4.57. The second-order valence-corrected chi connectivity index (χ2v) is 6.85. The van der Waals surface area contributed by atoms with E-state index >= 15 is 0 Å². The Balaban J connectivity index is 1.70. The third-order valence-corrected chi connectivity index (χ3v) is 4.57. The van der Waals surface area contributed by atoms with Gasteiger partial charge in [-0.05, 0) is 56.4 Å². The second kappa shape index (κ2) is 6.21. The van der Waals surface area contributed by atoms with Crippen LogP contribution in [-0.4, -0.2) is 26.3 Å². The molecule has 2 heteroatoms. The van der Waals surface area contributed by atoms with Gasteiger partial charge in [-0.25, -0.2) is 0 Å². The van der Waals surface area contributed by atoms with Crippen molar-refractivity contribution in [3.63, 3.8) is 0 Å². The summed E-state index contributed by atoms with van der Waals surface area (Å²) in [6.45, 7) is 11.3. The third kappa shape index (κ3) is 4.10.